The summed E-state index contributed by atoms with van der Waals surface area (Å²) in [6, 6.07) is 4.81. The third-order valence-corrected chi connectivity index (χ3v) is 6.05. The van der Waals surface area contributed by atoms with Crippen molar-refractivity contribution in [3.05, 3.63) is 23.9 Å². The second kappa shape index (κ2) is 4.73. The van der Waals surface area contributed by atoms with Gasteiger partial charge in [0, 0.05) is 31.4 Å². The zero-order chi connectivity index (χ0) is 13.7. The molecule has 0 unspecified atom stereocenters. The molecule has 3 heteroatoms. The Balaban J connectivity index is 1.64. The predicted molar refractivity (Wildman–Crippen MR) is 81.4 cm³/mol. The highest BCUT2D eigenvalue weighted by atomic mass is 15.2. The number of pyridine rings is 1. The van der Waals surface area contributed by atoms with Crippen LogP contribution in [0.25, 0.3) is 0 Å². The molecule has 108 valence electrons. The van der Waals surface area contributed by atoms with E-state index < -0.39 is 0 Å². The van der Waals surface area contributed by atoms with Crippen molar-refractivity contribution in [3.63, 3.8) is 0 Å². The van der Waals surface area contributed by atoms with Gasteiger partial charge >= 0.3 is 0 Å². The van der Waals surface area contributed by atoms with E-state index in [1.165, 1.54) is 37.7 Å². The molecule has 4 fully saturated rings. The molecule has 4 aliphatic carbocycles. The maximum Gasteiger partial charge on any atom is 0.133 e. The van der Waals surface area contributed by atoms with Gasteiger partial charge in [-0.3, -0.25) is 0 Å². The van der Waals surface area contributed by atoms with E-state index >= 15 is 0 Å². The van der Waals surface area contributed by atoms with Gasteiger partial charge in [0.2, 0.25) is 0 Å². The maximum absolute atomic E-state index is 5.90. The summed E-state index contributed by atoms with van der Waals surface area (Å²) in [6.45, 7) is 0.584. The van der Waals surface area contributed by atoms with Gasteiger partial charge in [0.15, 0.2) is 0 Å². The lowest BCUT2D eigenvalue weighted by molar-refractivity contribution is -0.00146. The van der Waals surface area contributed by atoms with E-state index in [9.17, 15) is 0 Å². The monoisotopic (exact) mass is 271 g/mol. The second-order valence-electron chi connectivity index (χ2n) is 7.22. The molecule has 4 saturated carbocycles. The SMILES string of the molecule is CN(c1ncccc1CN)C1C2CC3CC(C2)CC1C3. The van der Waals surface area contributed by atoms with Gasteiger partial charge < -0.3 is 10.6 Å². The lowest BCUT2D eigenvalue weighted by Crippen LogP contribution is -2.55. The van der Waals surface area contributed by atoms with Gasteiger partial charge in [-0.2, -0.15) is 0 Å². The summed E-state index contributed by atoms with van der Waals surface area (Å²) < 4.78 is 0. The molecule has 1 heterocycles. The Morgan fingerprint density at radius 3 is 2.40 bits per heavy atom. The minimum atomic E-state index is 0.584. The predicted octanol–water partition coefficient (Wildman–Crippen LogP) is 2.80. The van der Waals surface area contributed by atoms with Crippen LogP contribution in [0.2, 0.25) is 0 Å². The fraction of sp³-hybridized carbons (Fsp3) is 0.706. The van der Waals surface area contributed by atoms with Crippen molar-refractivity contribution in [2.24, 2.45) is 29.4 Å². The number of aromatic nitrogens is 1. The Hall–Kier alpha value is -1.09. The van der Waals surface area contributed by atoms with Gasteiger partial charge in [0.1, 0.15) is 5.82 Å². The molecule has 0 radical (unpaired) electrons. The van der Waals surface area contributed by atoms with Crippen molar-refractivity contribution in [2.75, 3.05) is 11.9 Å². The molecule has 1 aromatic rings. The number of nitrogens with two attached hydrogens (primary N) is 1. The van der Waals surface area contributed by atoms with Crippen molar-refractivity contribution < 1.29 is 0 Å². The van der Waals surface area contributed by atoms with E-state index in [0.29, 0.717) is 12.6 Å². The zero-order valence-corrected chi connectivity index (χ0v) is 12.3. The summed E-state index contributed by atoms with van der Waals surface area (Å²) in [7, 11) is 2.24. The zero-order valence-electron chi connectivity index (χ0n) is 12.3. The number of hydrogen-bond acceptors (Lipinski definition) is 3. The van der Waals surface area contributed by atoms with E-state index in [1.54, 1.807) is 0 Å². The first-order valence-corrected chi connectivity index (χ1v) is 8.13. The number of rotatable bonds is 3. The summed E-state index contributed by atoms with van der Waals surface area (Å²) in [5.74, 6) is 4.96. The highest BCUT2D eigenvalue weighted by Crippen LogP contribution is 2.55. The molecule has 20 heavy (non-hydrogen) atoms. The van der Waals surface area contributed by atoms with E-state index in [4.69, 9.17) is 5.73 Å². The fourth-order valence-electron chi connectivity index (χ4n) is 5.58. The van der Waals surface area contributed by atoms with Crippen LogP contribution in [-0.4, -0.2) is 18.1 Å². The van der Waals surface area contributed by atoms with Gasteiger partial charge in [-0.1, -0.05) is 6.07 Å². The van der Waals surface area contributed by atoms with Crippen molar-refractivity contribution in [1.29, 1.82) is 0 Å². The molecular weight excluding hydrogens is 246 g/mol. The molecule has 0 amide bonds. The quantitative estimate of drug-likeness (QED) is 0.919. The largest absolute Gasteiger partial charge is 0.356 e. The van der Waals surface area contributed by atoms with Crippen LogP contribution in [0.4, 0.5) is 5.82 Å². The van der Waals surface area contributed by atoms with Gasteiger partial charge in [0.25, 0.3) is 0 Å². The van der Waals surface area contributed by atoms with Gasteiger partial charge in [-0.25, -0.2) is 4.98 Å². The van der Waals surface area contributed by atoms with E-state index in [-0.39, 0.29) is 0 Å². The average molecular weight is 271 g/mol. The van der Waals surface area contributed by atoms with Gasteiger partial charge in [-0.15, -0.1) is 0 Å². The highest BCUT2D eigenvalue weighted by Gasteiger charge is 2.49. The van der Waals surface area contributed by atoms with E-state index in [1.807, 2.05) is 12.3 Å². The lowest BCUT2D eigenvalue weighted by atomic mass is 9.54. The van der Waals surface area contributed by atoms with E-state index in [0.717, 1.165) is 29.5 Å². The van der Waals surface area contributed by atoms with E-state index in [2.05, 4.69) is 23.0 Å². The third kappa shape index (κ3) is 1.86. The molecule has 5 rings (SSSR count). The van der Waals surface area contributed by atoms with Crippen molar-refractivity contribution in [3.8, 4) is 0 Å². The standard InChI is InChI=1S/C17H25N3/c1-20(17-13(10-18)3-2-4-19-17)16-14-6-11-5-12(8-14)9-15(16)7-11/h2-4,11-12,14-16H,5-10,18H2,1H3. The fourth-order valence-corrected chi connectivity index (χ4v) is 5.58. The molecular formula is C17H25N3. The molecule has 1 aromatic heterocycles. The number of nitrogens with zero attached hydrogens (tertiary/aromatic N) is 2. The summed E-state index contributed by atoms with van der Waals surface area (Å²) in [5.41, 5.74) is 7.08. The van der Waals surface area contributed by atoms with Crippen LogP contribution in [0.15, 0.2) is 18.3 Å². The molecule has 4 bridgehead atoms. The van der Waals surface area contributed by atoms with Crippen molar-refractivity contribution in [1.82, 2.24) is 4.98 Å². The van der Waals surface area contributed by atoms with Gasteiger partial charge in [0.05, 0.1) is 0 Å². The Kier molecular flexibility index (Phi) is 2.99. The molecule has 2 N–H and O–H groups in total. The highest BCUT2D eigenvalue weighted by molar-refractivity contribution is 5.47. The maximum atomic E-state index is 5.90. The lowest BCUT2D eigenvalue weighted by Gasteiger charge is -2.57. The normalized spacial score (nSPS) is 38.2. The number of anilines is 1. The van der Waals surface area contributed by atoms with Crippen LogP contribution in [-0.2, 0) is 6.54 Å². The van der Waals surface area contributed by atoms with Crippen molar-refractivity contribution >= 4 is 5.82 Å². The first-order chi connectivity index (χ1) is 9.76. The molecule has 0 aromatic carbocycles. The van der Waals surface area contributed by atoms with Crippen LogP contribution in [0.1, 0.15) is 37.7 Å². The molecule has 4 aliphatic rings. The molecule has 3 nitrogen and oxygen atoms in total. The number of hydrogen-bond donors (Lipinski definition) is 1. The first kappa shape index (κ1) is 12.6. The average Bonchev–Trinajstić information content (AvgIpc) is 2.46. The Morgan fingerprint density at radius 1 is 1.15 bits per heavy atom. The summed E-state index contributed by atoms with van der Waals surface area (Å²) in [6.07, 6.45) is 9.22. The Bertz CT molecular complexity index is 471. The first-order valence-electron chi connectivity index (χ1n) is 8.13. The summed E-state index contributed by atoms with van der Waals surface area (Å²) in [5, 5.41) is 0. The Labute approximate surface area is 121 Å². The molecule has 0 atom stereocenters. The summed E-state index contributed by atoms with van der Waals surface area (Å²) in [4.78, 5) is 7.10. The molecule has 0 spiro atoms. The Morgan fingerprint density at radius 2 is 1.80 bits per heavy atom. The molecule has 0 aliphatic heterocycles. The minimum Gasteiger partial charge on any atom is -0.356 e. The third-order valence-electron chi connectivity index (χ3n) is 6.05. The van der Waals surface area contributed by atoms with Crippen LogP contribution in [0.5, 0.6) is 0 Å². The van der Waals surface area contributed by atoms with Gasteiger partial charge in [-0.05, 0) is 61.8 Å². The van der Waals surface area contributed by atoms with Crippen LogP contribution in [0, 0.1) is 23.7 Å². The summed E-state index contributed by atoms with van der Waals surface area (Å²) >= 11 is 0. The van der Waals surface area contributed by atoms with Crippen molar-refractivity contribution in [2.45, 2.75) is 44.7 Å². The van der Waals surface area contributed by atoms with Crippen LogP contribution < -0.4 is 10.6 Å². The topological polar surface area (TPSA) is 42.2 Å². The smallest absolute Gasteiger partial charge is 0.133 e. The van der Waals surface area contributed by atoms with Crippen LogP contribution in [0.3, 0.4) is 0 Å². The minimum absolute atomic E-state index is 0.584. The molecule has 0 saturated heterocycles. The van der Waals surface area contributed by atoms with Crippen LogP contribution >= 0.6 is 0 Å². The second-order valence-corrected chi connectivity index (χ2v) is 7.22.